The molecule has 112 valence electrons. The highest BCUT2D eigenvalue weighted by Crippen LogP contribution is 2.40. The predicted molar refractivity (Wildman–Crippen MR) is 85.6 cm³/mol. The Kier molecular flexibility index (Phi) is 4.00. The molecule has 1 aliphatic carbocycles. The van der Waals surface area contributed by atoms with Crippen molar-refractivity contribution in [1.82, 2.24) is 0 Å². The molecule has 1 saturated carbocycles. The van der Waals surface area contributed by atoms with Crippen LogP contribution in [0.25, 0.3) is 6.08 Å². The van der Waals surface area contributed by atoms with Gasteiger partial charge in [0.15, 0.2) is 0 Å². The fourth-order valence-electron chi connectivity index (χ4n) is 3.94. The lowest BCUT2D eigenvalue weighted by atomic mass is 9.85. The zero-order valence-corrected chi connectivity index (χ0v) is 12.6. The maximum atomic E-state index is 10.8. The molecule has 2 fully saturated rings. The van der Waals surface area contributed by atoms with Crippen LogP contribution in [0.15, 0.2) is 24.3 Å². The smallest absolute Gasteiger partial charge is 0.328 e. The van der Waals surface area contributed by atoms with Crippen molar-refractivity contribution in [2.75, 3.05) is 11.4 Å². The summed E-state index contributed by atoms with van der Waals surface area (Å²) in [7, 11) is 0. The Hall–Kier alpha value is -1.77. The summed E-state index contributed by atoms with van der Waals surface area (Å²) < 4.78 is 0. The Morgan fingerprint density at radius 2 is 2.10 bits per heavy atom. The van der Waals surface area contributed by atoms with Gasteiger partial charge in [0.1, 0.15) is 0 Å². The van der Waals surface area contributed by atoms with E-state index >= 15 is 0 Å². The highest BCUT2D eigenvalue weighted by molar-refractivity contribution is 5.87. The molecule has 3 heteroatoms. The zero-order valence-electron chi connectivity index (χ0n) is 12.6. The van der Waals surface area contributed by atoms with Gasteiger partial charge in [-0.2, -0.15) is 0 Å². The Balaban J connectivity index is 1.92. The van der Waals surface area contributed by atoms with Crippen molar-refractivity contribution in [3.8, 4) is 0 Å². The van der Waals surface area contributed by atoms with Crippen LogP contribution in [-0.2, 0) is 4.79 Å². The molecule has 2 unspecified atom stereocenters. The molecule has 3 nitrogen and oxygen atoms in total. The van der Waals surface area contributed by atoms with Crippen LogP contribution >= 0.6 is 0 Å². The summed E-state index contributed by atoms with van der Waals surface area (Å²) in [4.78, 5) is 13.3. The van der Waals surface area contributed by atoms with Crippen molar-refractivity contribution in [2.45, 2.75) is 45.1 Å². The van der Waals surface area contributed by atoms with E-state index in [0.29, 0.717) is 6.04 Å². The molecule has 1 saturated heterocycles. The molecule has 1 heterocycles. The van der Waals surface area contributed by atoms with E-state index in [-0.39, 0.29) is 0 Å². The maximum Gasteiger partial charge on any atom is 0.328 e. The second-order valence-corrected chi connectivity index (χ2v) is 6.33. The van der Waals surface area contributed by atoms with Crippen LogP contribution in [-0.4, -0.2) is 23.7 Å². The number of rotatable bonds is 3. The van der Waals surface area contributed by atoms with Gasteiger partial charge in [0.05, 0.1) is 0 Å². The first-order chi connectivity index (χ1) is 10.1. The highest BCUT2D eigenvalue weighted by atomic mass is 16.4. The summed E-state index contributed by atoms with van der Waals surface area (Å²) in [6.07, 6.45) is 9.58. The van der Waals surface area contributed by atoms with Crippen LogP contribution in [0.5, 0.6) is 0 Å². The number of anilines is 1. The molecule has 3 rings (SSSR count). The fraction of sp³-hybridized carbons (Fsp3) is 0.500. The first-order valence-corrected chi connectivity index (χ1v) is 7.93. The van der Waals surface area contributed by atoms with E-state index in [2.05, 4.69) is 30.0 Å². The van der Waals surface area contributed by atoms with Crippen LogP contribution in [0, 0.1) is 12.8 Å². The molecule has 1 aromatic rings. The summed E-state index contributed by atoms with van der Waals surface area (Å²) in [5.41, 5.74) is 3.40. The molecule has 0 spiro atoms. The average Bonchev–Trinajstić information content (AvgIpc) is 2.89. The van der Waals surface area contributed by atoms with Gasteiger partial charge in [-0.3, -0.25) is 0 Å². The molecule has 0 bridgehead atoms. The standard InChI is InChI=1S/C18H23NO2/c1-13-6-8-17(15(12-13)7-9-18(20)21)19-11-10-14-4-2-3-5-16(14)19/h6-9,12,14,16H,2-5,10-11H2,1H3,(H,20,21)/b9-7+. The van der Waals surface area contributed by atoms with Gasteiger partial charge in [0, 0.05) is 24.4 Å². The highest BCUT2D eigenvalue weighted by Gasteiger charge is 2.36. The van der Waals surface area contributed by atoms with Gasteiger partial charge in [-0.1, -0.05) is 24.5 Å². The lowest BCUT2D eigenvalue weighted by Gasteiger charge is -2.34. The van der Waals surface area contributed by atoms with Crippen LogP contribution in [0.2, 0.25) is 0 Å². The van der Waals surface area contributed by atoms with Gasteiger partial charge in [-0.25, -0.2) is 4.79 Å². The molecule has 0 radical (unpaired) electrons. The number of carboxylic acid groups (broad SMARTS) is 1. The third-order valence-corrected chi connectivity index (χ3v) is 4.91. The Morgan fingerprint density at radius 3 is 2.90 bits per heavy atom. The Bertz CT molecular complexity index is 564. The van der Waals surface area contributed by atoms with Crippen LogP contribution in [0.1, 0.15) is 43.2 Å². The normalized spacial score (nSPS) is 25.3. The van der Waals surface area contributed by atoms with E-state index in [1.54, 1.807) is 6.08 Å². The first kappa shape index (κ1) is 14.2. The van der Waals surface area contributed by atoms with Gasteiger partial charge in [-0.05, 0) is 55.9 Å². The number of aliphatic carboxylic acids is 1. The van der Waals surface area contributed by atoms with E-state index in [4.69, 9.17) is 5.11 Å². The first-order valence-electron chi connectivity index (χ1n) is 7.93. The number of nitrogens with zero attached hydrogens (tertiary/aromatic N) is 1. The van der Waals surface area contributed by atoms with Gasteiger partial charge in [0.2, 0.25) is 0 Å². The van der Waals surface area contributed by atoms with Crippen LogP contribution in [0.4, 0.5) is 5.69 Å². The molecular weight excluding hydrogens is 262 g/mol. The summed E-state index contributed by atoms with van der Waals surface area (Å²) in [5.74, 6) is -0.0595. The summed E-state index contributed by atoms with van der Waals surface area (Å²) >= 11 is 0. The number of carboxylic acids is 1. The molecule has 0 aromatic heterocycles. The number of hydrogen-bond acceptors (Lipinski definition) is 2. The minimum atomic E-state index is -0.889. The predicted octanol–water partition coefficient (Wildman–Crippen LogP) is 3.86. The minimum Gasteiger partial charge on any atom is -0.478 e. The fourth-order valence-corrected chi connectivity index (χ4v) is 3.94. The zero-order chi connectivity index (χ0) is 14.8. The van der Waals surface area contributed by atoms with Crippen molar-refractivity contribution < 1.29 is 9.90 Å². The summed E-state index contributed by atoms with van der Waals surface area (Å²) in [6, 6.07) is 7.03. The molecular formula is C18H23NO2. The van der Waals surface area contributed by atoms with Gasteiger partial charge < -0.3 is 10.0 Å². The average molecular weight is 285 g/mol. The maximum absolute atomic E-state index is 10.8. The second kappa shape index (κ2) is 5.92. The van der Waals surface area contributed by atoms with E-state index in [1.165, 1.54) is 49.4 Å². The lowest BCUT2D eigenvalue weighted by molar-refractivity contribution is -0.131. The van der Waals surface area contributed by atoms with Crippen molar-refractivity contribution in [3.05, 3.63) is 35.4 Å². The lowest BCUT2D eigenvalue weighted by Crippen LogP contribution is -2.35. The van der Waals surface area contributed by atoms with Crippen LogP contribution in [0.3, 0.4) is 0 Å². The van der Waals surface area contributed by atoms with Gasteiger partial charge >= 0.3 is 5.97 Å². The van der Waals surface area contributed by atoms with E-state index < -0.39 is 5.97 Å². The number of carbonyl (C=O) groups is 1. The number of fused-ring (bicyclic) bond motifs is 1. The SMILES string of the molecule is Cc1ccc(N2CCC3CCCCC32)c(/C=C/C(=O)O)c1. The number of hydrogen-bond donors (Lipinski definition) is 1. The van der Waals surface area contributed by atoms with Gasteiger partial charge in [0.25, 0.3) is 0 Å². The largest absolute Gasteiger partial charge is 0.478 e. The van der Waals surface area contributed by atoms with Crippen molar-refractivity contribution in [3.63, 3.8) is 0 Å². The quantitative estimate of drug-likeness (QED) is 0.857. The molecule has 2 atom stereocenters. The molecule has 0 amide bonds. The van der Waals surface area contributed by atoms with Crippen molar-refractivity contribution in [1.29, 1.82) is 0 Å². The van der Waals surface area contributed by atoms with Gasteiger partial charge in [-0.15, -0.1) is 0 Å². The molecule has 1 N–H and O–H groups in total. The van der Waals surface area contributed by atoms with E-state index in [1.807, 2.05) is 0 Å². The molecule has 1 aliphatic heterocycles. The number of benzene rings is 1. The minimum absolute atomic E-state index is 0.651. The Labute approximate surface area is 126 Å². The molecule has 1 aromatic carbocycles. The third kappa shape index (κ3) is 2.97. The summed E-state index contributed by atoms with van der Waals surface area (Å²) in [5, 5.41) is 8.89. The monoisotopic (exact) mass is 285 g/mol. The molecule has 2 aliphatic rings. The third-order valence-electron chi connectivity index (χ3n) is 4.91. The van der Waals surface area contributed by atoms with Crippen molar-refractivity contribution >= 4 is 17.7 Å². The topological polar surface area (TPSA) is 40.5 Å². The van der Waals surface area contributed by atoms with E-state index in [0.717, 1.165) is 18.0 Å². The second-order valence-electron chi connectivity index (χ2n) is 6.33. The molecule has 21 heavy (non-hydrogen) atoms. The van der Waals surface area contributed by atoms with E-state index in [9.17, 15) is 4.79 Å². The summed E-state index contributed by atoms with van der Waals surface area (Å²) in [6.45, 7) is 3.15. The van der Waals surface area contributed by atoms with Crippen LogP contribution < -0.4 is 4.90 Å². The van der Waals surface area contributed by atoms with Crippen molar-refractivity contribution in [2.24, 2.45) is 5.92 Å². The Morgan fingerprint density at radius 1 is 1.29 bits per heavy atom. The number of aryl methyl sites for hydroxylation is 1.